The monoisotopic (exact) mass is 560 g/mol. The Morgan fingerprint density at radius 1 is 0.442 bits per heavy atom. The lowest BCUT2D eigenvalue weighted by Gasteiger charge is -2.29. The minimum Gasteiger partial charge on any atom is -0.265 e. The molecule has 6 rings (SSSR count). The Labute approximate surface area is 252 Å². The van der Waals surface area contributed by atoms with Gasteiger partial charge in [0.2, 0.25) is 0 Å². The molecular weight excluding hydrogens is 528 g/mol. The maximum absolute atomic E-state index is 4.98. The zero-order chi connectivity index (χ0) is 29.1. The Bertz CT molecular complexity index is 1710. The van der Waals surface area contributed by atoms with Crippen molar-refractivity contribution in [1.82, 2.24) is 29.9 Å². The van der Waals surface area contributed by atoms with Crippen LogP contribution in [0.3, 0.4) is 0 Å². The molecule has 0 radical (unpaired) electrons. The Morgan fingerprint density at radius 2 is 0.884 bits per heavy atom. The van der Waals surface area contributed by atoms with Crippen LogP contribution < -0.4 is 0 Å². The van der Waals surface area contributed by atoms with E-state index in [9.17, 15) is 0 Å². The topological polar surface area (TPSA) is 77.3 Å². The number of hydrogen-bond acceptors (Lipinski definition) is 6. The second-order valence-electron chi connectivity index (χ2n) is 10.4. The first-order chi connectivity index (χ1) is 21.4. The van der Waals surface area contributed by atoms with E-state index in [2.05, 4.69) is 92.7 Å². The van der Waals surface area contributed by atoms with Gasteiger partial charge in [-0.05, 0) is 125 Å². The second kappa shape index (κ2) is 14.0. The van der Waals surface area contributed by atoms with Crippen LogP contribution in [0.5, 0.6) is 0 Å². The number of pyridine rings is 6. The minimum atomic E-state index is -0.0254. The predicted molar refractivity (Wildman–Crippen MR) is 170 cm³/mol. The summed E-state index contributed by atoms with van der Waals surface area (Å²) in [6.45, 7) is 0. The molecule has 6 aromatic rings. The van der Waals surface area contributed by atoms with Crippen LogP contribution in [-0.2, 0) is 12.8 Å². The van der Waals surface area contributed by atoms with Crippen molar-refractivity contribution in [2.75, 3.05) is 0 Å². The zero-order valence-electron chi connectivity index (χ0n) is 23.8. The number of rotatable bonds is 11. The van der Waals surface area contributed by atoms with Crippen LogP contribution in [0, 0.1) is 0 Å². The highest BCUT2D eigenvalue weighted by Gasteiger charge is 2.30. The fraction of sp³-hybridized carbons (Fsp3) is 0.135. The van der Waals surface area contributed by atoms with Crippen molar-refractivity contribution in [3.8, 4) is 0 Å². The highest BCUT2D eigenvalue weighted by atomic mass is 14.7. The van der Waals surface area contributed by atoms with Gasteiger partial charge in [-0.25, -0.2) is 0 Å². The third-order valence-electron chi connectivity index (χ3n) is 7.75. The Hall–Kier alpha value is -5.36. The van der Waals surface area contributed by atoms with Crippen molar-refractivity contribution in [3.05, 3.63) is 181 Å². The van der Waals surface area contributed by atoms with Gasteiger partial charge in [0, 0.05) is 73.8 Å². The number of allylic oxidation sites excluding steroid dienone is 2. The fourth-order valence-corrected chi connectivity index (χ4v) is 5.72. The molecule has 0 aliphatic rings. The van der Waals surface area contributed by atoms with Gasteiger partial charge in [0.05, 0.1) is 11.4 Å². The van der Waals surface area contributed by atoms with Crippen molar-refractivity contribution in [2.45, 2.75) is 31.1 Å². The van der Waals surface area contributed by atoms with E-state index in [1.54, 1.807) is 0 Å². The number of nitrogens with zero attached hydrogens (tertiary/aromatic N) is 6. The smallest absolute Gasteiger partial charge is 0.0671 e. The molecule has 0 bridgehead atoms. The zero-order valence-corrected chi connectivity index (χ0v) is 23.8. The lowest BCUT2D eigenvalue weighted by Crippen LogP contribution is -2.15. The van der Waals surface area contributed by atoms with Crippen LogP contribution in [0.4, 0.5) is 0 Å². The van der Waals surface area contributed by atoms with Crippen molar-refractivity contribution >= 4 is 11.1 Å². The molecule has 43 heavy (non-hydrogen) atoms. The van der Waals surface area contributed by atoms with Crippen LogP contribution in [0.15, 0.2) is 147 Å². The number of aromatic nitrogens is 6. The van der Waals surface area contributed by atoms with Gasteiger partial charge in [0.1, 0.15) is 0 Å². The molecule has 2 atom stereocenters. The van der Waals surface area contributed by atoms with E-state index >= 15 is 0 Å². The largest absolute Gasteiger partial charge is 0.265 e. The highest BCUT2D eigenvalue weighted by Crippen LogP contribution is 2.46. The van der Waals surface area contributed by atoms with Gasteiger partial charge < -0.3 is 0 Å². The van der Waals surface area contributed by atoms with E-state index in [0.29, 0.717) is 0 Å². The van der Waals surface area contributed by atoms with E-state index in [-0.39, 0.29) is 11.8 Å². The summed E-state index contributed by atoms with van der Waals surface area (Å²) in [5.74, 6) is -0.00702. The highest BCUT2D eigenvalue weighted by molar-refractivity contribution is 5.94. The minimum absolute atomic E-state index is 0.0184. The second-order valence-corrected chi connectivity index (χ2v) is 10.4. The standard InChI is InChI=1S/C37H32N6/c1-3-17-42-34(5-1)36(32(30-13-23-40-24-14-30)8-7-28-9-19-38-20-10-28)37(35-6-2-4-18-43-35)33(31-15-25-41-26-16-31)27-29-11-21-39-22-12-29/h1-6,9-26,32-33H,7-8,27H2. The van der Waals surface area contributed by atoms with Crippen LogP contribution in [0.25, 0.3) is 11.1 Å². The molecule has 0 saturated carbocycles. The Morgan fingerprint density at radius 3 is 1.37 bits per heavy atom. The van der Waals surface area contributed by atoms with E-state index in [4.69, 9.17) is 9.97 Å². The van der Waals surface area contributed by atoms with E-state index in [0.717, 1.165) is 41.8 Å². The average molecular weight is 561 g/mol. The lowest BCUT2D eigenvalue weighted by atomic mass is 9.75. The summed E-state index contributed by atoms with van der Waals surface area (Å²) in [6, 6.07) is 29.2. The normalized spacial score (nSPS) is 13.1. The molecule has 0 aliphatic heterocycles. The van der Waals surface area contributed by atoms with E-state index < -0.39 is 0 Å². The maximum atomic E-state index is 4.98. The molecule has 6 nitrogen and oxygen atoms in total. The number of hydrogen-bond donors (Lipinski definition) is 0. The summed E-state index contributed by atoms with van der Waals surface area (Å²) in [5, 5.41) is 0. The molecule has 0 N–H and O–H groups in total. The van der Waals surface area contributed by atoms with Gasteiger partial charge in [-0.1, -0.05) is 12.1 Å². The molecule has 0 saturated heterocycles. The Balaban J connectivity index is 1.63. The molecule has 0 aromatic carbocycles. The maximum Gasteiger partial charge on any atom is 0.0671 e. The van der Waals surface area contributed by atoms with Crippen LogP contribution >= 0.6 is 0 Å². The van der Waals surface area contributed by atoms with Gasteiger partial charge in [-0.2, -0.15) is 0 Å². The summed E-state index contributed by atoms with van der Waals surface area (Å²) in [7, 11) is 0. The van der Waals surface area contributed by atoms with E-state index in [1.165, 1.54) is 22.3 Å². The third kappa shape index (κ3) is 6.93. The fourth-order valence-electron chi connectivity index (χ4n) is 5.72. The number of aryl methyl sites for hydroxylation is 1. The van der Waals surface area contributed by atoms with Gasteiger partial charge in [-0.3, -0.25) is 29.9 Å². The molecular formula is C37H32N6. The molecule has 0 amide bonds. The summed E-state index contributed by atoms with van der Waals surface area (Å²) in [4.78, 5) is 27.2. The SMILES string of the molecule is c1ccc(C(=C(c2ccccn2)C(Cc2ccncc2)c2ccncc2)C(CCc2ccncc2)c2ccncc2)nc1. The average Bonchev–Trinajstić information content (AvgIpc) is 3.10. The molecule has 6 heterocycles. The van der Waals surface area contributed by atoms with Gasteiger partial charge in [0.15, 0.2) is 0 Å². The molecule has 0 aliphatic carbocycles. The summed E-state index contributed by atoms with van der Waals surface area (Å²) in [6.07, 6.45) is 21.2. The molecule has 2 unspecified atom stereocenters. The summed E-state index contributed by atoms with van der Waals surface area (Å²) < 4.78 is 0. The van der Waals surface area contributed by atoms with Gasteiger partial charge in [-0.15, -0.1) is 0 Å². The van der Waals surface area contributed by atoms with E-state index in [1.807, 2.05) is 74.1 Å². The predicted octanol–water partition coefficient (Wildman–Crippen LogP) is 7.41. The van der Waals surface area contributed by atoms with Crippen LogP contribution in [0.1, 0.15) is 51.9 Å². The molecule has 210 valence electrons. The van der Waals surface area contributed by atoms with Crippen LogP contribution in [0.2, 0.25) is 0 Å². The molecule has 6 heteroatoms. The lowest BCUT2D eigenvalue weighted by molar-refractivity contribution is 0.739. The van der Waals surface area contributed by atoms with Crippen molar-refractivity contribution in [1.29, 1.82) is 0 Å². The van der Waals surface area contributed by atoms with Crippen molar-refractivity contribution in [2.24, 2.45) is 0 Å². The first kappa shape index (κ1) is 27.8. The Kier molecular flexibility index (Phi) is 9.05. The van der Waals surface area contributed by atoms with Crippen LogP contribution in [-0.4, -0.2) is 29.9 Å². The molecule has 6 aromatic heterocycles. The van der Waals surface area contributed by atoms with Crippen molar-refractivity contribution < 1.29 is 0 Å². The summed E-state index contributed by atoms with van der Waals surface area (Å²) >= 11 is 0. The third-order valence-corrected chi connectivity index (χ3v) is 7.75. The van der Waals surface area contributed by atoms with Crippen molar-refractivity contribution in [3.63, 3.8) is 0 Å². The van der Waals surface area contributed by atoms with Gasteiger partial charge in [0.25, 0.3) is 0 Å². The summed E-state index contributed by atoms with van der Waals surface area (Å²) in [5.41, 5.74) is 8.99. The quantitative estimate of drug-likeness (QED) is 0.164. The van der Waals surface area contributed by atoms with Gasteiger partial charge >= 0.3 is 0 Å². The first-order valence-corrected chi connectivity index (χ1v) is 14.5. The molecule has 0 spiro atoms. The first-order valence-electron chi connectivity index (χ1n) is 14.5. The molecule has 0 fully saturated rings.